The van der Waals surface area contributed by atoms with Crippen molar-refractivity contribution in [1.29, 1.82) is 0 Å². The van der Waals surface area contributed by atoms with Gasteiger partial charge in [0.15, 0.2) is 23.6 Å². The predicted molar refractivity (Wildman–Crippen MR) is 111 cm³/mol. The molecule has 9 nitrogen and oxygen atoms in total. The summed E-state index contributed by atoms with van der Waals surface area (Å²) in [4.78, 5) is 21.2. The third-order valence-corrected chi connectivity index (χ3v) is 5.27. The molecule has 1 amide bonds. The zero-order chi connectivity index (χ0) is 21.0. The van der Waals surface area contributed by atoms with Crippen LogP contribution in [0.3, 0.4) is 0 Å². The lowest BCUT2D eigenvalue weighted by molar-refractivity contribution is -0.0395. The van der Waals surface area contributed by atoms with E-state index in [2.05, 4.69) is 20.4 Å². The molecule has 0 bridgehead atoms. The Kier molecular flexibility index (Phi) is 5.49. The Hall–Kier alpha value is -3.46. The van der Waals surface area contributed by atoms with E-state index in [0.29, 0.717) is 42.6 Å². The van der Waals surface area contributed by atoms with Crippen LogP contribution in [0, 0.1) is 0 Å². The first-order valence-corrected chi connectivity index (χ1v) is 10.4. The molecule has 1 N–H and O–H groups in total. The highest BCUT2D eigenvalue weighted by molar-refractivity contribution is 5.94. The van der Waals surface area contributed by atoms with Crippen LogP contribution in [0.1, 0.15) is 41.4 Å². The van der Waals surface area contributed by atoms with Gasteiger partial charge < -0.3 is 19.5 Å². The number of amides is 1. The van der Waals surface area contributed by atoms with Gasteiger partial charge in [0.1, 0.15) is 25.2 Å². The highest BCUT2D eigenvalue weighted by Gasteiger charge is 2.18. The number of ether oxygens (including phenoxy) is 3. The first-order chi connectivity index (χ1) is 15.3. The average Bonchev–Trinajstić information content (AvgIpc) is 3.33. The molecule has 1 saturated heterocycles. The van der Waals surface area contributed by atoms with Gasteiger partial charge in [-0.2, -0.15) is 0 Å². The van der Waals surface area contributed by atoms with Gasteiger partial charge in [-0.15, -0.1) is 5.10 Å². The zero-order valence-corrected chi connectivity index (χ0v) is 17.0. The maximum Gasteiger partial charge on any atom is 0.253 e. The van der Waals surface area contributed by atoms with E-state index in [4.69, 9.17) is 14.2 Å². The Morgan fingerprint density at radius 1 is 1.06 bits per heavy atom. The van der Waals surface area contributed by atoms with Crippen LogP contribution in [0.15, 0.2) is 42.9 Å². The molecular formula is C22H23N5O4. The predicted octanol–water partition coefficient (Wildman–Crippen LogP) is 2.74. The zero-order valence-electron chi connectivity index (χ0n) is 17.0. The highest BCUT2D eigenvalue weighted by Crippen LogP contribution is 2.30. The molecule has 1 atom stereocenters. The number of fused-ring (bicyclic) bond motifs is 1. The van der Waals surface area contributed by atoms with Gasteiger partial charge in [0, 0.05) is 19.3 Å². The van der Waals surface area contributed by atoms with E-state index in [0.717, 1.165) is 37.2 Å². The molecule has 0 spiro atoms. The third kappa shape index (κ3) is 4.36. The van der Waals surface area contributed by atoms with Crippen molar-refractivity contribution >= 4 is 5.91 Å². The summed E-state index contributed by atoms with van der Waals surface area (Å²) in [7, 11) is 0. The average molecular weight is 421 g/mol. The van der Waals surface area contributed by atoms with Crippen molar-refractivity contribution in [1.82, 2.24) is 25.1 Å². The number of carbonyl (C=O) groups excluding carboxylic acids is 1. The third-order valence-electron chi connectivity index (χ3n) is 5.27. The Morgan fingerprint density at radius 2 is 1.97 bits per heavy atom. The minimum Gasteiger partial charge on any atom is -0.486 e. The SMILES string of the molecule is O=C(NCc1ccc2c(c1)OCCO2)c1ccc(-c2ncn(C3CCCCO3)n2)nc1. The number of hydrogen-bond acceptors (Lipinski definition) is 7. The van der Waals surface area contributed by atoms with Crippen molar-refractivity contribution in [3.63, 3.8) is 0 Å². The smallest absolute Gasteiger partial charge is 0.253 e. The number of carbonyl (C=O) groups is 1. The molecule has 1 unspecified atom stereocenters. The number of nitrogens with one attached hydrogen (secondary N) is 1. The van der Waals surface area contributed by atoms with E-state index in [9.17, 15) is 4.79 Å². The fourth-order valence-corrected chi connectivity index (χ4v) is 3.61. The standard InChI is InChI=1S/C22H23N5O4/c28-22(24-12-15-4-7-18-19(11-15)30-10-9-29-18)16-5-6-17(23-13-16)21-25-14-27(26-21)20-3-1-2-8-31-20/h4-7,11,13-14,20H,1-3,8-10,12H2,(H,24,28). The van der Waals surface area contributed by atoms with Crippen molar-refractivity contribution < 1.29 is 19.0 Å². The minimum atomic E-state index is -0.206. The van der Waals surface area contributed by atoms with Gasteiger partial charge in [0.2, 0.25) is 0 Å². The van der Waals surface area contributed by atoms with E-state index in [1.165, 1.54) is 6.20 Å². The lowest BCUT2D eigenvalue weighted by Gasteiger charge is -2.21. The molecule has 1 fully saturated rings. The van der Waals surface area contributed by atoms with Crippen molar-refractivity contribution in [2.24, 2.45) is 0 Å². The number of nitrogens with zero attached hydrogens (tertiary/aromatic N) is 4. The molecule has 2 aliphatic rings. The van der Waals surface area contributed by atoms with E-state index in [1.54, 1.807) is 23.1 Å². The lowest BCUT2D eigenvalue weighted by Crippen LogP contribution is -2.23. The number of pyridine rings is 1. The van der Waals surface area contributed by atoms with Gasteiger partial charge in [-0.3, -0.25) is 9.78 Å². The molecule has 9 heteroatoms. The Bertz CT molecular complexity index is 1060. The topological polar surface area (TPSA) is 100 Å². The quantitative estimate of drug-likeness (QED) is 0.676. The molecule has 0 aliphatic carbocycles. The summed E-state index contributed by atoms with van der Waals surface area (Å²) in [5, 5.41) is 7.39. The molecule has 1 aromatic carbocycles. The molecule has 5 rings (SSSR count). The summed E-state index contributed by atoms with van der Waals surface area (Å²) in [5.41, 5.74) is 2.01. The second kappa shape index (κ2) is 8.73. The van der Waals surface area contributed by atoms with Gasteiger partial charge >= 0.3 is 0 Å². The van der Waals surface area contributed by atoms with Gasteiger partial charge in [-0.25, -0.2) is 9.67 Å². The normalized spacial score (nSPS) is 17.9. The van der Waals surface area contributed by atoms with Gasteiger partial charge in [0.05, 0.1) is 5.56 Å². The van der Waals surface area contributed by atoms with E-state index in [1.807, 2.05) is 18.2 Å². The summed E-state index contributed by atoms with van der Waals surface area (Å²) in [6.07, 6.45) is 6.26. The van der Waals surface area contributed by atoms with E-state index >= 15 is 0 Å². The first kappa shape index (κ1) is 19.5. The van der Waals surface area contributed by atoms with Crippen LogP contribution in [0.4, 0.5) is 0 Å². The molecule has 0 saturated carbocycles. The van der Waals surface area contributed by atoms with Crippen molar-refractivity contribution in [3.8, 4) is 23.0 Å². The Morgan fingerprint density at radius 3 is 2.77 bits per heavy atom. The molecule has 2 aromatic heterocycles. The number of rotatable bonds is 5. The largest absolute Gasteiger partial charge is 0.486 e. The van der Waals surface area contributed by atoms with Crippen LogP contribution in [0.5, 0.6) is 11.5 Å². The second-order valence-electron chi connectivity index (χ2n) is 7.46. The molecule has 4 heterocycles. The fraction of sp³-hybridized carbons (Fsp3) is 0.364. The van der Waals surface area contributed by atoms with Crippen LogP contribution in [-0.4, -0.2) is 45.5 Å². The molecular weight excluding hydrogens is 398 g/mol. The lowest BCUT2D eigenvalue weighted by atomic mass is 10.2. The Balaban J connectivity index is 1.21. The van der Waals surface area contributed by atoms with Crippen molar-refractivity contribution in [2.45, 2.75) is 32.0 Å². The first-order valence-electron chi connectivity index (χ1n) is 10.4. The number of benzene rings is 1. The van der Waals surface area contributed by atoms with Crippen molar-refractivity contribution in [2.75, 3.05) is 19.8 Å². The number of aromatic nitrogens is 4. The molecule has 0 radical (unpaired) electrons. The minimum absolute atomic E-state index is 0.0689. The summed E-state index contributed by atoms with van der Waals surface area (Å²) in [5.74, 6) is 1.74. The van der Waals surface area contributed by atoms with Crippen LogP contribution in [0.2, 0.25) is 0 Å². The molecule has 160 valence electrons. The summed E-state index contributed by atoms with van der Waals surface area (Å²) < 4.78 is 18.6. The summed E-state index contributed by atoms with van der Waals surface area (Å²) in [6, 6.07) is 9.12. The molecule has 3 aromatic rings. The van der Waals surface area contributed by atoms with Crippen molar-refractivity contribution in [3.05, 3.63) is 54.0 Å². The van der Waals surface area contributed by atoms with E-state index in [-0.39, 0.29) is 12.1 Å². The fourth-order valence-electron chi connectivity index (χ4n) is 3.61. The van der Waals surface area contributed by atoms with Crippen LogP contribution in [0.25, 0.3) is 11.5 Å². The van der Waals surface area contributed by atoms with Gasteiger partial charge in [-0.05, 0) is 49.1 Å². The van der Waals surface area contributed by atoms with Gasteiger partial charge in [0.25, 0.3) is 5.91 Å². The number of hydrogen-bond donors (Lipinski definition) is 1. The molecule has 31 heavy (non-hydrogen) atoms. The monoisotopic (exact) mass is 421 g/mol. The summed E-state index contributed by atoms with van der Waals surface area (Å²) >= 11 is 0. The Labute approximate surface area is 179 Å². The van der Waals surface area contributed by atoms with Crippen LogP contribution >= 0.6 is 0 Å². The van der Waals surface area contributed by atoms with Gasteiger partial charge in [-0.1, -0.05) is 6.07 Å². The van der Waals surface area contributed by atoms with Crippen LogP contribution < -0.4 is 14.8 Å². The maximum absolute atomic E-state index is 12.5. The van der Waals surface area contributed by atoms with Crippen LogP contribution in [-0.2, 0) is 11.3 Å². The van der Waals surface area contributed by atoms with E-state index < -0.39 is 0 Å². The maximum atomic E-state index is 12.5. The second-order valence-corrected chi connectivity index (χ2v) is 7.46. The summed E-state index contributed by atoms with van der Waals surface area (Å²) in [6.45, 7) is 2.20. The highest BCUT2D eigenvalue weighted by atomic mass is 16.6. The molecule has 2 aliphatic heterocycles.